The van der Waals surface area contributed by atoms with Crippen LogP contribution in [0.1, 0.15) is 12.5 Å². The van der Waals surface area contributed by atoms with Gasteiger partial charge in [-0.15, -0.1) is 0 Å². The van der Waals surface area contributed by atoms with Gasteiger partial charge in [0.05, 0.1) is 5.69 Å². The molecule has 0 saturated carbocycles. The van der Waals surface area contributed by atoms with Gasteiger partial charge in [0.15, 0.2) is 0 Å². The van der Waals surface area contributed by atoms with Crippen LogP contribution in [0.5, 0.6) is 0 Å². The summed E-state index contributed by atoms with van der Waals surface area (Å²) in [6.45, 7) is 4.03. The SMILES string of the molecule is CCNS(=O)(=O)Nc1ccc(C)c(Br)c1. The molecule has 0 aliphatic heterocycles. The van der Waals surface area contributed by atoms with Crippen LogP contribution in [0.25, 0.3) is 0 Å². The molecule has 0 amide bonds. The van der Waals surface area contributed by atoms with Crippen molar-refractivity contribution in [2.75, 3.05) is 11.3 Å². The van der Waals surface area contributed by atoms with Crippen molar-refractivity contribution in [1.29, 1.82) is 0 Å². The van der Waals surface area contributed by atoms with Gasteiger partial charge >= 0.3 is 0 Å². The van der Waals surface area contributed by atoms with E-state index in [2.05, 4.69) is 25.4 Å². The van der Waals surface area contributed by atoms with Crippen LogP contribution in [0.2, 0.25) is 0 Å². The molecule has 2 N–H and O–H groups in total. The highest BCUT2D eigenvalue weighted by Crippen LogP contribution is 2.20. The van der Waals surface area contributed by atoms with Gasteiger partial charge in [-0.25, -0.2) is 0 Å². The minimum absolute atomic E-state index is 0.363. The van der Waals surface area contributed by atoms with E-state index < -0.39 is 10.2 Å². The first-order chi connectivity index (χ1) is 6.94. The van der Waals surface area contributed by atoms with Crippen molar-refractivity contribution in [2.45, 2.75) is 13.8 Å². The van der Waals surface area contributed by atoms with Crippen LogP contribution in [-0.4, -0.2) is 15.0 Å². The summed E-state index contributed by atoms with van der Waals surface area (Å²) in [6, 6.07) is 5.28. The van der Waals surface area contributed by atoms with E-state index in [1.54, 1.807) is 19.1 Å². The van der Waals surface area contributed by atoms with Gasteiger partial charge in [-0.1, -0.05) is 28.9 Å². The first-order valence-electron chi connectivity index (χ1n) is 4.48. The van der Waals surface area contributed by atoms with Crippen LogP contribution < -0.4 is 9.44 Å². The second-order valence-corrected chi connectivity index (χ2v) is 5.42. The van der Waals surface area contributed by atoms with E-state index >= 15 is 0 Å². The Bertz CT molecular complexity index is 445. The molecule has 0 unspecified atom stereocenters. The van der Waals surface area contributed by atoms with Gasteiger partial charge in [0, 0.05) is 11.0 Å². The molecule has 1 aromatic rings. The summed E-state index contributed by atoms with van der Waals surface area (Å²) in [6.07, 6.45) is 0. The van der Waals surface area contributed by atoms with Crippen molar-refractivity contribution in [1.82, 2.24) is 4.72 Å². The minimum Gasteiger partial charge on any atom is -0.271 e. The maximum absolute atomic E-state index is 11.4. The second-order valence-electron chi connectivity index (χ2n) is 3.07. The van der Waals surface area contributed by atoms with Gasteiger partial charge in [0.2, 0.25) is 0 Å². The molecular formula is C9H13BrN2O2S. The maximum Gasteiger partial charge on any atom is 0.299 e. The summed E-state index contributed by atoms with van der Waals surface area (Å²) >= 11 is 3.34. The van der Waals surface area contributed by atoms with Gasteiger partial charge in [-0.3, -0.25) is 4.72 Å². The van der Waals surface area contributed by atoms with E-state index in [0.29, 0.717) is 12.2 Å². The monoisotopic (exact) mass is 292 g/mol. The van der Waals surface area contributed by atoms with Crippen molar-refractivity contribution in [3.05, 3.63) is 28.2 Å². The molecule has 0 aliphatic rings. The molecule has 0 bridgehead atoms. The van der Waals surface area contributed by atoms with Crippen LogP contribution in [0.3, 0.4) is 0 Å². The summed E-state index contributed by atoms with van der Waals surface area (Å²) in [4.78, 5) is 0. The van der Waals surface area contributed by atoms with E-state index in [9.17, 15) is 8.42 Å². The molecule has 15 heavy (non-hydrogen) atoms. The predicted octanol–water partition coefficient (Wildman–Crippen LogP) is 2.02. The molecule has 0 radical (unpaired) electrons. The lowest BCUT2D eigenvalue weighted by molar-refractivity contribution is 0.589. The number of nitrogens with one attached hydrogen (secondary N) is 2. The van der Waals surface area contributed by atoms with E-state index in [-0.39, 0.29) is 0 Å². The number of rotatable bonds is 4. The first kappa shape index (κ1) is 12.5. The molecule has 0 aromatic heterocycles. The number of hydrogen-bond donors (Lipinski definition) is 2. The lowest BCUT2D eigenvalue weighted by atomic mass is 10.2. The highest BCUT2D eigenvalue weighted by Gasteiger charge is 2.07. The van der Waals surface area contributed by atoms with Crippen molar-refractivity contribution in [2.24, 2.45) is 0 Å². The lowest BCUT2D eigenvalue weighted by Crippen LogP contribution is -2.29. The first-order valence-corrected chi connectivity index (χ1v) is 6.76. The Balaban J connectivity index is 2.86. The van der Waals surface area contributed by atoms with Gasteiger partial charge in [-0.05, 0) is 24.6 Å². The third kappa shape index (κ3) is 3.81. The summed E-state index contributed by atoms with van der Waals surface area (Å²) in [5.41, 5.74) is 1.59. The summed E-state index contributed by atoms with van der Waals surface area (Å²) < 4.78 is 28.4. The van der Waals surface area contributed by atoms with Crippen molar-refractivity contribution >= 4 is 31.8 Å². The fourth-order valence-corrected chi connectivity index (χ4v) is 2.31. The Labute approximate surface area is 98.4 Å². The zero-order chi connectivity index (χ0) is 11.5. The molecule has 4 nitrogen and oxygen atoms in total. The van der Waals surface area contributed by atoms with Gasteiger partial charge in [0.1, 0.15) is 0 Å². The number of halogens is 1. The summed E-state index contributed by atoms with van der Waals surface area (Å²) in [5, 5.41) is 0. The molecule has 0 aliphatic carbocycles. The predicted molar refractivity (Wildman–Crippen MR) is 65.1 cm³/mol. The summed E-state index contributed by atoms with van der Waals surface area (Å²) in [5.74, 6) is 0. The van der Waals surface area contributed by atoms with Crippen molar-refractivity contribution in [3.63, 3.8) is 0 Å². The zero-order valence-corrected chi connectivity index (χ0v) is 10.9. The lowest BCUT2D eigenvalue weighted by Gasteiger charge is -2.08. The molecule has 0 heterocycles. The molecule has 6 heteroatoms. The van der Waals surface area contributed by atoms with Crippen LogP contribution in [-0.2, 0) is 10.2 Å². The normalized spacial score (nSPS) is 11.4. The molecule has 0 atom stereocenters. The van der Waals surface area contributed by atoms with E-state index in [1.165, 1.54) is 0 Å². The summed E-state index contributed by atoms with van der Waals surface area (Å²) in [7, 11) is -3.44. The molecule has 0 spiro atoms. The third-order valence-corrected chi connectivity index (χ3v) is 3.79. The Morgan fingerprint density at radius 2 is 2.07 bits per heavy atom. The van der Waals surface area contributed by atoms with E-state index in [1.807, 2.05) is 13.0 Å². The molecule has 0 fully saturated rings. The Hall–Kier alpha value is -0.590. The van der Waals surface area contributed by atoms with Gasteiger partial charge in [0.25, 0.3) is 10.2 Å². The van der Waals surface area contributed by atoms with Crippen LogP contribution in [0.15, 0.2) is 22.7 Å². The maximum atomic E-state index is 11.4. The molecule has 0 saturated heterocycles. The van der Waals surface area contributed by atoms with Crippen LogP contribution in [0.4, 0.5) is 5.69 Å². The van der Waals surface area contributed by atoms with E-state index in [4.69, 9.17) is 0 Å². The Morgan fingerprint density at radius 1 is 1.40 bits per heavy atom. The molecule has 84 valence electrons. The highest BCUT2D eigenvalue weighted by molar-refractivity contribution is 9.10. The standard InChI is InChI=1S/C9H13BrN2O2S/c1-3-11-15(13,14)12-8-5-4-7(2)9(10)6-8/h4-6,11-12H,3H2,1-2H3. The number of aryl methyl sites for hydroxylation is 1. The van der Waals surface area contributed by atoms with Crippen molar-refractivity contribution < 1.29 is 8.42 Å². The number of anilines is 1. The quantitative estimate of drug-likeness (QED) is 0.892. The zero-order valence-electron chi connectivity index (χ0n) is 8.54. The van der Waals surface area contributed by atoms with Gasteiger partial charge < -0.3 is 0 Å². The highest BCUT2D eigenvalue weighted by atomic mass is 79.9. The van der Waals surface area contributed by atoms with Crippen molar-refractivity contribution in [3.8, 4) is 0 Å². The largest absolute Gasteiger partial charge is 0.299 e. The smallest absolute Gasteiger partial charge is 0.271 e. The second kappa shape index (κ2) is 4.96. The third-order valence-electron chi connectivity index (χ3n) is 1.76. The molecule has 1 aromatic carbocycles. The number of benzene rings is 1. The van der Waals surface area contributed by atoms with E-state index in [0.717, 1.165) is 10.0 Å². The average Bonchev–Trinajstić information content (AvgIpc) is 2.10. The van der Waals surface area contributed by atoms with Gasteiger partial charge in [-0.2, -0.15) is 13.1 Å². The minimum atomic E-state index is -3.44. The molecular weight excluding hydrogens is 280 g/mol. The van der Waals surface area contributed by atoms with Crippen LogP contribution >= 0.6 is 15.9 Å². The Kier molecular flexibility index (Phi) is 4.12. The van der Waals surface area contributed by atoms with Crippen LogP contribution in [0, 0.1) is 6.92 Å². The fraction of sp³-hybridized carbons (Fsp3) is 0.333. The average molecular weight is 293 g/mol. The fourth-order valence-electron chi connectivity index (χ4n) is 1.04. The molecule has 1 rings (SSSR count). The Morgan fingerprint density at radius 3 is 2.60 bits per heavy atom. The number of hydrogen-bond acceptors (Lipinski definition) is 2. The topological polar surface area (TPSA) is 58.2 Å².